The molecule has 6 nitrogen and oxygen atoms in total. The van der Waals surface area contributed by atoms with Gasteiger partial charge in [0.15, 0.2) is 5.43 Å². The molecule has 0 aliphatic heterocycles. The highest BCUT2D eigenvalue weighted by molar-refractivity contribution is 5.94. The normalized spacial score (nSPS) is 10.2. The van der Waals surface area contributed by atoms with Gasteiger partial charge in [0.25, 0.3) is 0 Å². The number of rotatable bonds is 3. The SMILES string of the molecule is CCCC(=O)ONC(=O)c1cc(=O)c2ccccc2[nH]1. The predicted octanol–water partition coefficient (Wildman–Crippen LogP) is 1.52. The van der Waals surface area contributed by atoms with Crippen LogP contribution in [0.15, 0.2) is 35.1 Å². The number of benzene rings is 1. The number of fused-ring (bicyclic) bond motifs is 1. The number of nitrogens with one attached hydrogen (secondary N) is 2. The van der Waals surface area contributed by atoms with E-state index in [1.54, 1.807) is 24.3 Å². The smallest absolute Gasteiger partial charge is 0.332 e. The summed E-state index contributed by atoms with van der Waals surface area (Å²) in [6.07, 6.45) is 0.843. The summed E-state index contributed by atoms with van der Waals surface area (Å²) in [6, 6.07) is 8.02. The van der Waals surface area contributed by atoms with Crippen LogP contribution in [-0.4, -0.2) is 16.9 Å². The van der Waals surface area contributed by atoms with Crippen molar-refractivity contribution in [3.63, 3.8) is 0 Å². The average molecular weight is 274 g/mol. The van der Waals surface area contributed by atoms with Gasteiger partial charge < -0.3 is 9.82 Å². The lowest BCUT2D eigenvalue weighted by atomic mass is 10.2. The number of hydroxylamine groups is 1. The minimum Gasteiger partial charge on any atom is -0.350 e. The Morgan fingerprint density at radius 3 is 2.80 bits per heavy atom. The van der Waals surface area contributed by atoms with Crippen LogP contribution in [0.4, 0.5) is 0 Å². The van der Waals surface area contributed by atoms with Gasteiger partial charge >= 0.3 is 11.9 Å². The van der Waals surface area contributed by atoms with Gasteiger partial charge in [0.2, 0.25) is 0 Å². The fourth-order valence-electron chi connectivity index (χ4n) is 1.73. The molecule has 0 atom stereocenters. The maximum absolute atomic E-state index is 11.8. The van der Waals surface area contributed by atoms with Gasteiger partial charge in [0.05, 0.1) is 0 Å². The van der Waals surface area contributed by atoms with E-state index in [1.807, 2.05) is 12.4 Å². The van der Waals surface area contributed by atoms with E-state index in [0.29, 0.717) is 17.3 Å². The van der Waals surface area contributed by atoms with Crippen molar-refractivity contribution < 1.29 is 14.4 Å². The number of carbonyl (C=O) groups excluding carboxylic acids is 2. The number of aromatic nitrogens is 1. The van der Waals surface area contributed by atoms with Crippen LogP contribution in [-0.2, 0) is 9.63 Å². The number of pyridine rings is 1. The average Bonchev–Trinajstić information content (AvgIpc) is 2.45. The Morgan fingerprint density at radius 2 is 2.05 bits per heavy atom. The molecule has 0 aliphatic carbocycles. The molecule has 0 fully saturated rings. The van der Waals surface area contributed by atoms with E-state index >= 15 is 0 Å². The fourth-order valence-corrected chi connectivity index (χ4v) is 1.73. The van der Waals surface area contributed by atoms with Crippen LogP contribution in [0.3, 0.4) is 0 Å². The topological polar surface area (TPSA) is 88.3 Å². The number of carbonyl (C=O) groups is 2. The highest BCUT2D eigenvalue weighted by Crippen LogP contribution is 2.07. The van der Waals surface area contributed by atoms with E-state index < -0.39 is 11.9 Å². The van der Waals surface area contributed by atoms with Gasteiger partial charge in [-0.25, -0.2) is 4.79 Å². The molecule has 0 radical (unpaired) electrons. The zero-order chi connectivity index (χ0) is 14.5. The molecule has 1 amide bonds. The van der Waals surface area contributed by atoms with Gasteiger partial charge in [-0.2, -0.15) is 5.48 Å². The number of amides is 1. The first-order valence-corrected chi connectivity index (χ1v) is 6.24. The van der Waals surface area contributed by atoms with Gasteiger partial charge in [-0.05, 0) is 18.6 Å². The molecule has 104 valence electrons. The molecule has 20 heavy (non-hydrogen) atoms. The van der Waals surface area contributed by atoms with E-state index in [-0.39, 0.29) is 17.5 Å². The monoisotopic (exact) mass is 274 g/mol. The molecule has 1 aromatic heterocycles. The molecule has 1 heterocycles. The Hall–Kier alpha value is -2.63. The molecule has 0 aliphatic rings. The molecular weight excluding hydrogens is 260 g/mol. The summed E-state index contributed by atoms with van der Waals surface area (Å²) in [4.78, 5) is 42.2. The number of hydrogen-bond acceptors (Lipinski definition) is 4. The van der Waals surface area contributed by atoms with Gasteiger partial charge in [0, 0.05) is 23.4 Å². The first kappa shape index (κ1) is 13.8. The molecule has 2 rings (SSSR count). The van der Waals surface area contributed by atoms with Crippen LogP contribution in [0, 0.1) is 0 Å². The lowest BCUT2D eigenvalue weighted by Gasteiger charge is -2.06. The van der Waals surface area contributed by atoms with Crippen LogP contribution < -0.4 is 10.9 Å². The summed E-state index contributed by atoms with van der Waals surface area (Å²) in [5.74, 6) is -1.19. The first-order chi connectivity index (χ1) is 9.61. The number of aromatic amines is 1. The predicted molar refractivity (Wildman–Crippen MR) is 73.0 cm³/mol. The van der Waals surface area contributed by atoms with Crippen molar-refractivity contribution in [1.82, 2.24) is 10.5 Å². The standard InChI is InChI=1S/C14H14N2O4/c1-2-5-13(18)20-16-14(19)11-8-12(17)9-6-3-4-7-10(9)15-11/h3-4,6-8H,2,5H2,1H3,(H,15,17)(H,16,19). The maximum atomic E-state index is 11.8. The molecule has 0 unspecified atom stereocenters. The van der Waals surface area contributed by atoms with Crippen LogP contribution in [0.1, 0.15) is 30.3 Å². The Balaban J connectivity index is 2.18. The van der Waals surface area contributed by atoms with E-state index in [9.17, 15) is 14.4 Å². The number of para-hydroxylation sites is 1. The summed E-state index contributed by atoms with van der Waals surface area (Å²) in [7, 11) is 0. The Bertz CT molecular complexity index is 706. The fraction of sp³-hybridized carbons (Fsp3) is 0.214. The van der Waals surface area contributed by atoms with Gasteiger partial charge in [-0.15, -0.1) is 0 Å². The van der Waals surface area contributed by atoms with Crippen molar-refractivity contribution in [1.29, 1.82) is 0 Å². The number of hydrogen-bond donors (Lipinski definition) is 2. The third kappa shape index (κ3) is 3.03. The molecule has 1 aromatic carbocycles. The molecule has 0 spiro atoms. The van der Waals surface area contributed by atoms with Crippen molar-refractivity contribution >= 4 is 22.8 Å². The van der Waals surface area contributed by atoms with E-state index in [2.05, 4.69) is 9.82 Å². The van der Waals surface area contributed by atoms with E-state index in [1.165, 1.54) is 6.07 Å². The zero-order valence-electron chi connectivity index (χ0n) is 10.9. The highest BCUT2D eigenvalue weighted by Gasteiger charge is 2.11. The summed E-state index contributed by atoms with van der Waals surface area (Å²) in [6.45, 7) is 1.82. The Morgan fingerprint density at radius 1 is 1.30 bits per heavy atom. The molecule has 2 N–H and O–H groups in total. The van der Waals surface area contributed by atoms with Crippen molar-refractivity contribution in [3.8, 4) is 0 Å². The van der Waals surface area contributed by atoms with E-state index in [4.69, 9.17) is 0 Å². The summed E-state index contributed by atoms with van der Waals surface area (Å²) in [5, 5.41) is 0.493. The summed E-state index contributed by atoms with van der Waals surface area (Å²) in [5.41, 5.74) is 2.33. The van der Waals surface area contributed by atoms with E-state index in [0.717, 1.165) is 0 Å². The molecule has 0 saturated heterocycles. The van der Waals surface area contributed by atoms with Gasteiger partial charge in [-0.1, -0.05) is 19.1 Å². The second-order valence-corrected chi connectivity index (χ2v) is 4.25. The van der Waals surface area contributed by atoms with Gasteiger partial charge in [-0.3, -0.25) is 9.59 Å². The molecular formula is C14H14N2O4. The first-order valence-electron chi connectivity index (χ1n) is 6.24. The lowest BCUT2D eigenvalue weighted by Crippen LogP contribution is -2.28. The number of H-pyrrole nitrogens is 1. The highest BCUT2D eigenvalue weighted by atomic mass is 16.7. The molecule has 2 aromatic rings. The minimum absolute atomic E-state index is 0.0398. The van der Waals surface area contributed by atoms with Crippen molar-refractivity contribution in [3.05, 3.63) is 46.2 Å². The van der Waals surface area contributed by atoms with Crippen LogP contribution in [0.25, 0.3) is 10.9 Å². The largest absolute Gasteiger partial charge is 0.350 e. The Kier molecular flexibility index (Phi) is 4.14. The van der Waals surface area contributed by atoms with Crippen LogP contribution >= 0.6 is 0 Å². The summed E-state index contributed by atoms with van der Waals surface area (Å²) < 4.78 is 0. The second-order valence-electron chi connectivity index (χ2n) is 4.25. The van der Waals surface area contributed by atoms with Crippen LogP contribution in [0.5, 0.6) is 0 Å². The Labute approximate surface area is 114 Å². The molecule has 6 heteroatoms. The third-order valence-electron chi connectivity index (χ3n) is 2.69. The van der Waals surface area contributed by atoms with Gasteiger partial charge in [0.1, 0.15) is 5.69 Å². The maximum Gasteiger partial charge on any atom is 0.332 e. The van der Waals surface area contributed by atoms with Crippen molar-refractivity contribution in [2.24, 2.45) is 0 Å². The minimum atomic E-state index is -0.669. The van der Waals surface area contributed by atoms with Crippen molar-refractivity contribution in [2.45, 2.75) is 19.8 Å². The quantitative estimate of drug-likeness (QED) is 0.830. The second kappa shape index (κ2) is 6.01. The zero-order valence-corrected chi connectivity index (χ0v) is 10.9. The third-order valence-corrected chi connectivity index (χ3v) is 2.69. The molecule has 0 bridgehead atoms. The summed E-state index contributed by atoms with van der Waals surface area (Å²) >= 11 is 0. The van der Waals surface area contributed by atoms with Crippen molar-refractivity contribution in [2.75, 3.05) is 0 Å². The van der Waals surface area contributed by atoms with Crippen LogP contribution in [0.2, 0.25) is 0 Å². The lowest BCUT2D eigenvalue weighted by molar-refractivity contribution is -0.149. The molecule has 0 saturated carbocycles.